The average molecular weight is 352 g/mol. The second-order valence-corrected chi connectivity index (χ2v) is 7.12. The van der Waals surface area contributed by atoms with Gasteiger partial charge in [0.1, 0.15) is 17.7 Å². The number of carbonyl (C=O) groups is 1. The van der Waals surface area contributed by atoms with Gasteiger partial charge < -0.3 is 14.5 Å². The third-order valence-corrected chi connectivity index (χ3v) is 5.43. The zero-order valence-electron chi connectivity index (χ0n) is 14.9. The van der Waals surface area contributed by atoms with E-state index in [0.717, 1.165) is 38.5 Å². The van der Waals surface area contributed by atoms with Gasteiger partial charge >= 0.3 is 0 Å². The molecule has 0 N–H and O–H groups in total. The number of hydrogen-bond acceptors (Lipinski definition) is 3. The van der Waals surface area contributed by atoms with Gasteiger partial charge in [0.2, 0.25) is 0 Å². The predicted molar refractivity (Wildman–Crippen MR) is 91.3 cm³/mol. The largest absolute Gasteiger partial charge is 0.360 e. The predicted octanol–water partition coefficient (Wildman–Crippen LogP) is 2.61. The second-order valence-electron chi connectivity index (χ2n) is 7.12. The number of carbonyl (C=O) groups excluding carboxylic acids is 1. The molecule has 0 aliphatic carbocycles. The molecule has 2 aliphatic heterocycles. The van der Waals surface area contributed by atoms with Crippen molar-refractivity contribution in [1.29, 1.82) is 0 Å². The Bertz CT molecular complexity index is 630. The van der Waals surface area contributed by atoms with Gasteiger partial charge in [0.05, 0.1) is 5.60 Å². The third kappa shape index (κ3) is 4.01. The average Bonchev–Trinajstić information content (AvgIpc) is 2.59. The van der Waals surface area contributed by atoms with Crippen LogP contribution in [0.25, 0.3) is 0 Å². The standard InChI is InChI=1S/C19H26F2N2O2/c1-3-23-13-19(25-14(2)18(23)24)7-10-22(11-8-19)9-6-15-4-5-16(20)12-17(15)21/h4-5,12,14H,3,6-11,13H2,1-2H3/t14-/m1/s1. The van der Waals surface area contributed by atoms with Crippen molar-refractivity contribution in [3.05, 3.63) is 35.4 Å². The van der Waals surface area contributed by atoms with Gasteiger partial charge in [0.15, 0.2) is 0 Å². The van der Waals surface area contributed by atoms with Gasteiger partial charge in [-0.05, 0) is 44.7 Å². The van der Waals surface area contributed by atoms with Crippen molar-refractivity contribution >= 4 is 5.91 Å². The van der Waals surface area contributed by atoms with Crippen LogP contribution in [0.4, 0.5) is 8.78 Å². The molecule has 1 atom stereocenters. The fourth-order valence-electron chi connectivity index (χ4n) is 3.88. The van der Waals surface area contributed by atoms with Crippen molar-refractivity contribution in [3.63, 3.8) is 0 Å². The molecular formula is C19H26F2N2O2. The molecule has 1 amide bonds. The summed E-state index contributed by atoms with van der Waals surface area (Å²) in [6, 6.07) is 3.76. The van der Waals surface area contributed by atoms with Crippen LogP contribution in [0.1, 0.15) is 32.3 Å². The van der Waals surface area contributed by atoms with E-state index in [4.69, 9.17) is 4.74 Å². The first kappa shape index (κ1) is 18.3. The normalized spacial score (nSPS) is 24.1. The van der Waals surface area contributed by atoms with E-state index in [2.05, 4.69) is 4.90 Å². The maximum absolute atomic E-state index is 13.7. The SMILES string of the molecule is CCN1CC2(CCN(CCc3ccc(F)cc3F)CC2)O[C@H](C)C1=O. The Morgan fingerprint density at radius 1 is 1.28 bits per heavy atom. The van der Waals surface area contributed by atoms with E-state index in [0.29, 0.717) is 25.1 Å². The van der Waals surface area contributed by atoms with Gasteiger partial charge in [-0.2, -0.15) is 0 Å². The smallest absolute Gasteiger partial charge is 0.251 e. The Hall–Kier alpha value is -1.53. The van der Waals surface area contributed by atoms with Gasteiger partial charge in [0, 0.05) is 38.8 Å². The molecule has 2 aliphatic rings. The molecule has 6 heteroatoms. The molecular weight excluding hydrogens is 326 g/mol. The van der Waals surface area contributed by atoms with Crippen molar-refractivity contribution in [2.24, 2.45) is 0 Å². The molecule has 1 aromatic rings. The van der Waals surface area contributed by atoms with Crippen LogP contribution in [-0.4, -0.2) is 60.1 Å². The minimum absolute atomic E-state index is 0.0716. The lowest BCUT2D eigenvalue weighted by molar-refractivity contribution is -0.189. The van der Waals surface area contributed by atoms with Crippen LogP contribution >= 0.6 is 0 Å². The molecule has 2 fully saturated rings. The molecule has 3 rings (SSSR count). The van der Waals surface area contributed by atoms with E-state index < -0.39 is 11.6 Å². The van der Waals surface area contributed by atoms with Crippen molar-refractivity contribution in [2.45, 2.75) is 44.8 Å². The summed E-state index contributed by atoms with van der Waals surface area (Å²) in [5, 5.41) is 0. The van der Waals surface area contributed by atoms with E-state index in [9.17, 15) is 13.6 Å². The molecule has 138 valence electrons. The highest BCUT2D eigenvalue weighted by Crippen LogP contribution is 2.32. The van der Waals surface area contributed by atoms with Crippen molar-refractivity contribution in [2.75, 3.05) is 32.7 Å². The first-order valence-corrected chi connectivity index (χ1v) is 9.05. The number of benzene rings is 1. The number of rotatable bonds is 4. The van der Waals surface area contributed by atoms with E-state index in [1.807, 2.05) is 18.7 Å². The summed E-state index contributed by atoms with van der Waals surface area (Å²) in [7, 11) is 0. The molecule has 25 heavy (non-hydrogen) atoms. The molecule has 0 bridgehead atoms. The zero-order valence-corrected chi connectivity index (χ0v) is 14.9. The number of nitrogens with zero attached hydrogens (tertiary/aromatic N) is 2. The van der Waals surface area contributed by atoms with Crippen LogP contribution in [-0.2, 0) is 16.0 Å². The first-order chi connectivity index (χ1) is 11.9. The lowest BCUT2D eigenvalue weighted by Gasteiger charge is -2.49. The molecule has 4 nitrogen and oxygen atoms in total. The second kappa shape index (κ2) is 7.38. The summed E-state index contributed by atoms with van der Waals surface area (Å²) >= 11 is 0. The molecule has 0 saturated carbocycles. The summed E-state index contributed by atoms with van der Waals surface area (Å²) in [5.74, 6) is -0.947. The molecule has 0 radical (unpaired) electrons. The van der Waals surface area contributed by atoms with Crippen LogP contribution < -0.4 is 0 Å². The molecule has 2 saturated heterocycles. The number of likely N-dealkylation sites (tertiary alicyclic amines) is 1. The number of ether oxygens (including phenoxy) is 1. The van der Waals surface area contributed by atoms with Crippen LogP contribution in [0.2, 0.25) is 0 Å². The lowest BCUT2D eigenvalue weighted by atomic mass is 9.88. The van der Waals surface area contributed by atoms with Crippen molar-refractivity contribution in [3.8, 4) is 0 Å². The van der Waals surface area contributed by atoms with Gasteiger partial charge in [0.25, 0.3) is 5.91 Å². The Balaban J connectivity index is 1.54. The van der Waals surface area contributed by atoms with Crippen molar-refractivity contribution in [1.82, 2.24) is 9.80 Å². The Morgan fingerprint density at radius 3 is 2.64 bits per heavy atom. The summed E-state index contributed by atoms with van der Waals surface area (Å²) < 4.78 is 32.8. The topological polar surface area (TPSA) is 32.8 Å². The minimum atomic E-state index is -0.542. The molecule has 2 heterocycles. The van der Waals surface area contributed by atoms with Crippen LogP contribution in [0, 0.1) is 11.6 Å². The number of piperidine rings is 1. The highest BCUT2D eigenvalue weighted by atomic mass is 19.1. The van der Waals surface area contributed by atoms with E-state index in [1.165, 1.54) is 12.1 Å². The fourth-order valence-corrected chi connectivity index (χ4v) is 3.88. The Labute approximate surface area is 147 Å². The lowest BCUT2D eigenvalue weighted by Crippen LogP contribution is -2.61. The summed E-state index contributed by atoms with van der Waals surface area (Å²) in [6.07, 6.45) is 1.92. The fraction of sp³-hybridized carbons (Fsp3) is 0.632. The molecule has 0 aromatic heterocycles. The summed E-state index contributed by atoms with van der Waals surface area (Å²) in [5.41, 5.74) is 0.299. The monoisotopic (exact) mass is 352 g/mol. The summed E-state index contributed by atoms with van der Waals surface area (Å²) in [4.78, 5) is 16.3. The van der Waals surface area contributed by atoms with Gasteiger partial charge in [-0.25, -0.2) is 8.78 Å². The maximum Gasteiger partial charge on any atom is 0.251 e. The zero-order chi connectivity index (χ0) is 18.0. The molecule has 1 aromatic carbocycles. The van der Waals surface area contributed by atoms with Gasteiger partial charge in [-0.15, -0.1) is 0 Å². The quantitative estimate of drug-likeness (QED) is 0.835. The van der Waals surface area contributed by atoms with Gasteiger partial charge in [-0.1, -0.05) is 6.07 Å². The van der Waals surface area contributed by atoms with Crippen LogP contribution in [0.15, 0.2) is 18.2 Å². The van der Waals surface area contributed by atoms with Crippen LogP contribution in [0.3, 0.4) is 0 Å². The number of halogens is 2. The van der Waals surface area contributed by atoms with Gasteiger partial charge in [-0.3, -0.25) is 4.79 Å². The maximum atomic E-state index is 13.7. The highest BCUT2D eigenvalue weighted by Gasteiger charge is 2.44. The summed E-state index contributed by atoms with van der Waals surface area (Å²) in [6.45, 7) is 7.66. The highest BCUT2D eigenvalue weighted by molar-refractivity contribution is 5.81. The van der Waals surface area contributed by atoms with Crippen LogP contribution in [0.5, 0.6) is 0 Å². The third-order valence-electron chi connectivity index (χ3n) is 5.43. The number of hydrogen-bond donors (Lipinski definition) is 0. The molecule has 0 unspecified atom stereocenters. The van der Waals surface area contributed by atoms with E-state index in [-0.39, 0.29) is 17.6 Å². The van der Waals surface area contributed by atoms with E-state index >= 15 is 0 Å². The molecule has 1 spiro atoms. The number of amides is 1. The number of likely N-dealkylation sites (N-methyl/N-ethyl adjacent to an activating group) is 1. The number of morpholine rings is 1. The Kier molecular flexibility index (Phi) is 5.39. The minimum Gasteiger partial charge on any atom is -0.360 e. The van der Waals surface area contributed by atoms with E-state index in [1.54, 1.807) is 0 Å². The first-order valence-electron chi connectivity index (χ1n) is 9.05. The van der Waals surface area contributed by atoms with Crippen molar-refractivity contribution < 1.29 is 18.3 Å². The Morgan fingerprint density at radius 2 is 2.00 bits per heavy atom.